The lowest BCUT2D eigenvalue weighted by Gasteiger charge is -2.19. The maximum absolute atomic E-state index is 15.9. The van der Waals surface area contributed by atoms with Gasteiger partial charge in [-0.25, -0.2) is 22.5 Å². The van der Waals surface area contributed by atoms with Gasteiger partial charge in [0.1, 0.15) is 23.7 Å². The Labute approximate surface area is 291 Å². The lowest BCUT2D eigenvalue weighted by atomic mass is 10.0. The zero-order valence-corrected chi connectivity index (χ0v) is 29.4. The van der Waals surface area contributed by atoms with Crippen molar-refractivity contribution in [2.24, 2.45) is 0 Å². The van der Waals surface area contributed by atoms with Gasteiger partial charge in [-0.2, -0.15) is 0 Å². The summed E-state index contributed by atoms with van der Waals surface area (Å²) in [7, 11) is -4.27. The molecule has 5 aromatic rings. The minimum absolute atomic E-state index is 0.00230. The number of nitrogens with one attached hydrogen (secondary N) is 1. The van der Waals surface area contributed by atoms with Crippen LogP contribution in [0.3, 0.4) is 0 Å². The third kappa shape index (κ3) is 8.19. The maximum atomic E-state index is 15.9. The van der Waals surface area contributed by atoms with E-state index in [1.165, 1.54) is 16.7 Å². The number of amides is 2. The highest BCUT2D eigenvalue weighted by molar-refractivity contribution is 7.90. The molecule has 2 heterocycles. The van der Waals surface area contributed by atoms with E-state index in [0.29, 0.717) is 42.8 Å². The number of imidazole rings is 1. The molecule has 3 aromatic carbocycles. The summed E-state index contributed by atoms with van der Waals surface area (Å²) in [5.41, 5.74) is 2.09. The van der Waals surface area contributed by atoms with Gasteiger partial charge in [0.2, 0.25) is 11.8 Å². The Morgan fingerprint density at radius 1 is 0.920 bits per heavy atom. The number of nitrogens with zero attached hydrogens (tertiary/aromatic N) is 4. The van der Waals surface area contributed by atoms with Crippen LogP contribution in [0.1, 0.15) is 57.0 Å². The number of aryl methyl sites for hydroxylation is 2. The van der Waals surface area contributed by atoms with E-state index >= 15 is 4.39 Å². The van der Waals surface area contributed by atoms with E-state index in [1.807, 2.05) is 51.1 Å². The smallest absolute Gasteiger partial charge is 0.277 e. The van der Waals surface area contributed by atoms with Crippen molar-refractivity contribution in [3.63, 3.8) is 0 Å². The van der Waals surface area contributed by atoms with E-state index in [9.17, 15) is 22.8 Å². The minimum atomic E-state index is -4.27. The van der Waals surface area contributed by atoms with E-state index in [1.54, 1.807) is 52.1 Å². The molecule has 0 fully saturated rings. The van der Waals surface area contributed by atoms with Gasteiger partial charge in [-0.1, -0.05) is 74.0 Å². The van der Waals surface area contributed by atoms with Gasteiger partial charge in [0.05, 0.1) is 17.0 Å². The van der Waals surface area contributed by atoms with Gasteiger partial charge in [0, 0.05) is 43.3 Å². The van der Waals surface area contributed by atoms with E-state index in [4.69, 9.17) is 4.98 Å². The quantitative estimate of drug-likeness (QED) is 0.150. The van der Waals surface area contributed by atoms with Crippen molar-refractivity contribution in [3.8, 4) is 11.1 Å². The van der Waals surface area contributed by atoms with E-state index < -0.39 is 21.7 Å². The molecule has 0 spiro atoms. The number of fused-ring (bicyclic) bond motifs is 1. The average molecular weight is 700 g/mol. The molecule has 0 radical (unpaired) electrons. The molecule has 262 valence electrons. The lowest BCUT2D eigenvalue weighted by Crippen LogP contribution is -2.36. The van der Waals surface area contributed by atoms with Gasteiger partial charge >= 0.3 is 0 Å². The topological polar surface area (TPSA) is 123 Å². The van der Waals surface area contributed by atoms with Crippen LogP contribution in [0.2, 0.25) is 0 Å². The van der Waals surface area contributed by atoms with Crippen LogP contribution in [0.5, 0.6) is 0 Å². The molecule has 1 N–H and O–H groups in total. The first-order chi connectivity index (χ1) is 24.1. The number of carbonyl (C=O) groups is 2. The summed E-state index contributed by atoms with van der Waals surface area (Å²) in [6, 6.07) is 21.6. The Morgan fingerprint density at radius 3 is 2.34 bits per heavy atom. The number of hydrogen-bond acceptors (Lipinski definition) is 6. The van der Waals surface area contributed by atoms with Crippen LogP contribution < -0.4 is 10.3 Å². The first-order valence-electron chi connectivity index (χ1n) is 16.9. The highest BCUT2D eigenvalue weighted by Gasteiger charge is 2.23. The van der Waals surface area contributed by atoms with E-state index in [0.717, 1.165) is 18.4 Å². The number of hydrogen-bond donors (Lipinski definition) is 1. The minimum Gasteiger partial charge on any atom is -0.342 e. The second-order valence-corrected chi connectivity index (χ2v) is 13.7. The Kier molecular flexibility index (Phi) is 11.6. The van der Waals surface area contributed by atoms with Crippen LogP contribution in [0, 0.1) is 5.82 Å². The van der Waals surface area contributed by atoms with E-state index in [-0.39, 0.29) is 52.5 Å². The zero-order valence-electron chi connectivity index (χ0n) is 28.6. The SMILES string of the molecule is CCCCc1nc2ccn(CC(=O)N(CC)CC)c(=O)c2n1Cc1ccc(-c2ccccc2S(=O)(=O)NC(=O)CCc2ccccc2)cc1F. The number of likely N-dealkylation sites (N-methyl/N-ethyl adjacent to an activating group) is 1. The summed E-state index contributed by atoms with van der Waals surface area (Å²) >= 11 is 0. The van der Waals surface area contributed by atoms with Gasteiger partial charge in [-0.15, -0.1) is 0 Å². The number of benzene rings is 3. The fourth-order valence-corrected chi connectivity index (χ4v) is 7.22. The highest BCUT2D eigenvalue weighted by Crippen LogP contribution is 2.29. The van der Waals surface area contributed by atoms with Gasteiger partial charge in [-0.05, 0) is 56.0 Å². The summed E-state index contributed by atoms with van der Waals surface area (Å²) in [6.07, 6.45) is 4.21. The molecule has 12 heteroatoms. The van der Waals surface area contributed by atoms with Gasteiger partial charge in [-0.3, -0.25) is 14.4 Å². The van der Waals surface area contributed by atoms with Crippen molar-refractivity contribution in [2.75, 3.05) is 13.1 Å². The second kappa shape index (κ2) is 16.1. The fourth-order valence-electron chi connectivity index (χ4n) is 5.98. The van der Waals surface area contributed by atoms with Crippen molar-refractivity contribution >= 4 is 32.9 Å². The molecular weight excluding hydrogens is 658 g/mol. The highest BCUT2D eigenvalue weighted by atomic mass is 32.2. The van der Waals surface area contributed by atoms with E-state index in [2.05, 4.69) is 4.72 Å². The predicted molar refractivity (Wildman–Crippen MR) is 192 cm³/mol. The summed E-state index contributed by atoms with van der Waals surface area (Å²) in [5.74, 6) is -0.787. The van der Waals surface area contributed by atoms with Crippen LogP contribution >= 0.6 is 0 Å². The summed E-state index contributed by atoms with van der Waals surface area (Å²) in [4.78, 5) is 45.5. The van der Waals surface area contributed by atoms with Crippen molar-refractivity contribution in [3.05, 3.63) is 118 Å². The Balaban J connectivity index is 1.44. The van der Waals surface area contributed by atoms with Gasteiger partial charge < -0.3 is 14.0 Å². The Morgan fingerprint density at radius 2 is 1.64 bits per heavy atom. The molecule has 0 aliphatic carbocycles. The summed E-state index contributed by atoms with van der Waals surface area (Å²) in [6.45, 7) is 6.75. The molecule has 50 heavy (non-hydrogen) atoms. The number of unbranched alkanes of at least 4 members (excludes halogenated alkanes) is 1. The first kappa shape index (κ1) is 36.2. The molecule has 2 aromatic heterocycles. The number of halogens is 1. The Hall–Kier alpha value is -5.10. The normalized spacial score (nSPS) is 11.5. The van der Waals surface area contributed by atoms with Gasteiger partial charge in [0.15, 0.2) is 0 Å². The molecule has 0 aliphatic rings. The predicted octanol–water partition coefficient (Wildman–Crippen LogP) is 5.70. The molecule has 10 nitrogen and oxygen atoms in total. The molecule has 0 atom stereocenters. The largest absolute Gasteiger partial charge is 0.342 e. The number of aromatic nitrogens is 3. The monoisotopic (exact) mass is 699 g/mol. The first-order valence-corrected chi connectivity index (χ1v) is 18.4. The van der Waals surface area contributed by atoms with Crippen LogP contribution in [0.15, 0.2) is 94.7 Å². The number of pyridine rings is 1. The van der Waals surface area contributed by atoms with Crippen LogP contribution in [-0.2, 0) is 45.5 Å². The third-order valence-corrected chi connectivity index (χ3v) is 10.2. The standard InChI is InChI=1S/C38H42FN5O5S/c1-4-7-17-34-40-32-22-23-43(26-36(46)42(5-2)6-3)38(47)37(32)44(34)25-29-20-19-28(24-31(29)39)30-15-11-12-16-33(30)50(48,49)41-35(45)21-18-27-13-9-8-10-14-27/h8-16,19-20,22-24H,4-7,17-18,21,25-26H2,1-3H3,(H,41,45). The molecule has 0 unspecified atom stereocenters. The van der Waals surface area contributed by atoms with Crippen LogP contribution in [0.25, 0.3) is 22.2 Å². The van der Waals surface area contributed by atoms with Crippen LogP contribution in [0.4, 0.5) is 4.39 Å². The number of rotatable bonds is 15. The zero-order chi connectivity index (χ0) is 35.8. The van der Waals surface area contributed by atoms with Gasteiger partial charge in [0.25, 0.3) is 15.6 Å². The second-order valence-electron chi connectivity index (χ2n) is 12.1. The fraction of sp³-hybridized carbons (Fsp3) is 0.316. The maximum Gasteiger partial charge on any atom is 0.277 e. The summed E-state index contributed by atoms with van der Waals surface area (Å²) in [5, 5.41) is 0. The lowest BCUT2D eigenvalue weighted by molar-refractivity contribution is -0.131. The third-order valence-electron chi connectivity index (χ3n) is 8.73. The number of carbonyl (C=O) groups excluding carboxylic acids is 2. The molecule has 5 rings (SSSR count). The average Bonchev–Trinajstić information content (AvgIpc) is 3.46. The molecular formula is C38H42FN5O5S. The van der Waals surface area contributed by atoms with Crippen molar-refractivity contribution in [1.29, 1.82) is 0 Å². The van der Waals surface area contributed by atoms with Crippen molar-refractivity contribution in [1.82, 2.24) is 23.7 Å². The van der Waals surface area contributed by atoms with Crippen molar-refractivity contribution in [2.45, 2.75) is 70.9 Å². The molecule has 0 saturated carbocycles. The molecule has 0 saturated heterocycles. The van der Waals surface area contributed by atoms with Crippen molar-refractivity contribution < 1.29 is 22.4 Å². The molecule has 2 amide bonds. The molecule has 0 bridgehead atoms. The summed E-state index contributed by atoms with van der Waals surface area (Å²) < 4.78 is 47.9. The van der Waals surface area contributed by atoms with Crippen LogP contribution in [-0.4, -0.2) is 52.3 Å². The Bertz CT molecular complexity index is 2160. The molecule has 0 aliphatic heterocycles. The number of sulfonamides is 1.